The molecule has 0 saturated carbocycles. The summed E-state index contributed by atoms with van der Waals surface area (Å²) in [5, 5.41) is 20.3. The van der Waals surface area contributed by atoms with Crippen molar-refractivity contribution in [2.24, 2.45) is 0 Å². The zero-order chi connectivity index (χ0) is 27.0. The number of benzene rings is 3. The average Bonchev–Trinajstić information content (AvgIpc) is 3.47. The van der Waals surface area contributed by atoms with E-state index in [2.05, 4.69) is 10.2 Å². The molecule has 5 rings (SSSR count). The lowest BCUT2D eigenvalue weighted by Crippen LogP contribution is -2.29. The number of hydrogen-bond donors (Lipinski definition) is 1. The first-order valence-electron chi connectivity index (χ1n) is 11.3. The van der Waals surface area contributed by atoms with E-state index in [0.717, 1.165) is 22.5 Å². The highest BCUT2D eigenvalue weighted by Crippen LogP contribution is 2.45. The molecule has 192 valence electrons. The molecule has 1 saturated heterocycles. The number of thioether (sulfide) groups is 1. The van der Waals surface area contributed by atoms with Crippen LogP contribution in [0.3, 0.4) is 0 Å². The number of nitrogens with zero attached hydrogens (tertiary/aromatic N) is 3. The van der Waals surface area contributed by atoms with Crippen LogP contribution in [0, 0.1) is 12.7 Å². The number of aromatic nitrogens is 2. The van der Waals surface area contributed by atoms with Crippen LogP contribution < -0.4 is 4.90 Å². The van der Waals surface area contributed by atoms with Gasteiger partial charge < -0.3 is 5.11 Å². The van der Waals surface area contributed by atoms with E-state index in [0.29, 0.717) is 26.2 Å². The molecular weight excluding hydrogens is 568 g/mol. The van der Waals surface area contributed by atoms with Crippen LogP contribution in [0.1, 0.15) is 28.3 Å². The lowest BCUT2D eigenvalue weighted by atomic mass is 9.95. The lowest BCUT2D eigenvalue weighted by Gasteiger charge is -2.22. The van der Waals surface area contributed by atoms with Crippen molar-refractivity contribution in [2.45, 2.75) is 23.1 Å². The molecular formula is C27H18Cl2FN3O3S2. The van der Waals surface area contributed by atoms with E-state index in [1.165, 1.54) is 28.8 Å². The van der Waals surface area contributed by atoms with Gasteiger partial charge in [-0.2, -0.15) is 0 Å². The monoisotopic (exact) mass is 585 g/mol. The number of anilines is 1. The number of rotatable bonds is 6. The predicted molar refractivity (Wildman–Crippen MR) is 148 cm³/mol. The zero-order valence-electron chi connectivity index (χ0n) is 19.7. The smallest absolute Gasteiger partial charge is 0.301 e. The SMILES string of the molecule is Cc1ccc(/C(O)=C2/C(=O)C(=O)N(c3nnc(SCc4ccc(F)cc4)s3)C2c2ccc(Cl)c(Cl)c2)cc1. The molecule has 1 aliphatic rings. The van der Waals surface area contributed by atoms with Crippen molar-refractivity contribution in [2.75, 3.05) is 4.90 Å². The third kappa shape index (κ3) is 5.19. The Morgan fingerprint density at radius 1 is 1.03 bits per heavy atom. The van der Waals surface area contributed by atoms with Crippen LogP contribution in [-0.2, 0) is 15.3 Å². The molecule has 1 N–H and O–H groups in total. The lowest BCUT2D eigenvalue weighted by molar-refractivity contribution is -0.132. The maximum Gasteiger partial charge on any atom is 0.301 e. The van der Waals surface area contributed by atoms with Crippen LogP contribution in [0.5, 0.6) is 0 Å². The molecule has 0 spiro atoms. The Morgan fingerprint density at radius 3 is 2.42 bits per heavy atom. The van der Waals surface area contributed by atoms with E-state index < -0.39 is 17.7 Å². The summed E-state index contributed by atoms with van der Waals surface area (Å²) in [6.07, 6.45) is 0. The first kappa shape index (κ1) is 26.4. The summed E-state index contributed by atoms with van der Waals surface area (Å²) in [5.74, 6) is -1.81. The van der Waals surface area contributed by atoms with Gasteiger partial charge in [0, 0.05) is 11.3 Å². The molecule has 6 nitrogen and oxygen atoms in total. The van der Waals surface area contributed by atoms with Gasteiger partial charge in [0.1, 0.15) is 11.6 Å². The highest BCUT2D eigenvalue weighted by Gasteiger charge is 2.48. The number of ketones is 1. The molecule has 1 fully saturated rings. The standard InChI is InChI=1S/C27H18Cl2FN3O3S2/c1-14-2-6-16(7-3-14)23(34)21-22(17-8-11-19(28)20(29)12-17)33(25(36)24(21)35)26-31-32-27(38-26)37-13-15-4-9-18(30)10-5-15/h2-12,22,34H,13H2,1H3/b23-21-. The summed E-state index contributed by atoms with van der Waals surface area (Å²) in [5.41, 5.74) is 2.65. The van der Waals surface area contributed by atoms with Gasteiger partial charge in [-0.25, -0.2) is 4.39 Å². The van der Waals surface area contributed by atoms with Crippen molar-refractivity contribution in [1.29, 1.82) is 0 Å². The fraction of sp³-hybridized carbons (Fsp3) is 0.111. The van der Waals surface area contributed by atoms with Crippen molar-refractivity contribution in [3.63, 3.8) is 0 Å². The molecule has 2 heterocycles. The minimum absolute atomic E-state index is 0.0899. The van der Waals surface area contributed by atoms with E-state index in [1.54, 1.807) is 54.6 Å². The molecule has 1 atom stereocenters. The topological polar surface area (TPSA) is 83.4 Å². The number of amides is 1. The summed E-state index contributed by atoms with van der Waals surface area (Å²) in [6, 6.07) is 16.8. The maximum absolute atomic E-state index is 13.3. The number of aliphatic hydroxyl groups excluding tert-OH is 1. The fourth-order valence-corrected chi connectivity index (χ4v) is 6.11. The van der Waals surface area contributed by atoms with Crippen LogP contribution in [-0.4, -0.2) is 27.0 Å². The second-order valence-corrected chi connectivity index (χ2v) is 11.5. The first-order valence-corrected chi connectivity index (χ1v) is 13.8. The summed E-state index contributed by atoms with van der Waals surface area (Å²) in [4.78, 5) is 27.9. The van der Waals surface area contributed by atoms with E-state index >= 15 is 0 Å². The zero-order valence-corrected chi connectivity index (χ0v) is 22.8. The van der Waals surface area contributed by atoms with Gasteiger partial charge in [-0.1, -0.05) is 94.3 Å². The first-order chi connectivity index (χ1) is 18.2. The van der Waals surface area contributed by atoms with Gasteiger partial charge in [-0.05, 0) is 42.3 Å². The van der Waals surface area contributed by atoms with E-state index in [1.807, 2.05) is 6.92 Å². The Balaban J connectivity index is 1.55. The molecule has 1 aliphatic heterocycles. The van der Waals surface area contributed by atoms with Crippen LogP contribution in [0.4, 0.5) is 9.52 Å². The van der Waals surface area contributed by atoms with Gasteiger partial charge in [0.2, 0.25) is 5.13 Å². The van der Waals surface area contributed by atoms with Gasteiger partial charge in [-0.15, -0.1) is 10.2 Å². The third-order valence-electron chi connectivity index (χ3n) is 5.91. The van der Waals surface area contributed by atoms with Crippen molar-refractivity contribution in [1.82, 2.24) is 10.2 Å². The van der Waals surface area contributed by atoms with Crippen molar-refractivity contribution in [3.8, 4) is 0 Å². The minimum atomic E-state index is -1.01. The highest BCUT2D eigenvalue weighted by molar-refractivity contribution is 8.00. The van der Waals surface area contributed by atoms with Crippen LogP contribution >= 0.6 is 46.3 Å². The number of carbonyl (C=O) groups is 2. The molecule has 0 radical (unpaired) electrons. The number of hydrogen-bond acceptors (Lipinski definition) is 7. The third-order valence-corrected chi connectivity index (χ3v) is 8.77. The second kappa shape index (κ2) is 10.9. The Kier molecular flexibility index (Phi) is 7.54. The Bertz CT molecular complexity index is 1570. The Hall–Kier alpha value is -3.24. The predicted octanol–water partition coefficient (Wildman–Crippen LogP) is 7.21. The highest BCUT2D eigenvalue weighted by atomic mass is 35.5. The van der Waals surface area contributed by atoms with E-state index in [9.17, 15) is 19.1 Å². The van der Waals surface area contributed by atoms with Crippen LogP contribution in [0.2, 0.25) is 10.0 Å². The second-order valence-electron chi connectivity index (χ2n) is 8.47. The molecule has 1 unspecified atom stereocenters. The quantitative estimate of drug-likeness (QED) is 0.0845. The molecule has 4 aromatic rings. The van der Waals surface area contributed by atoms with E-state index in [-0.39, 0.29) is 27.3 Å². The van der Waals surface area contributed by atoms with Crippen molar-refractivity contribution >= 4 is 68.9 Å². The fourth-order valence-electron chi connectivity index (χ4n) is 3.98. The molecule has 0 aliphatic carbocycles. The maximum atomic E-state index is 13.3. The van der Waals surface area contributed by atoms with Gasteiger partial charge >= 0.3 is 5.91 Å². The van der Waals surface area contributed by atoms with Crippen LogP contribution in [0.15, 0.2) is 76.6 Å². The molecule has 11 heteroatoms. The number of aryl methyl sites for hydroxylation is 1. The number of halogens is 3. The summed E-state index contributed by atoms with van der Waals surface area (Å²) >= 11 is 14.9. The summed E-state index contributed by atoms with van der Waals surface area (Å²) in [6.45, 7) is 1.90. The Morgan fingerprint density at radius 2 is 1.74 bits per heavy atom. The molecule has 1 amide bonds. The molecule has 3 aromatic carbocycles. The van der Waals surface area contributed by atoms with Gasteiger partial charge in [0.25, 0.3) is 5.78 Å². The number of carbonyl (C=O) groups excluding carboxylic acids is 2. The number of Topliss-reactive ketones (excluding diaryl/α,β-unsaturated/α-hetero) is 1. The van der Waals surface area contributed by atoms with Crippen molar-refractivity contribution < 1.29 is 19.1 Å². The summed E-state index contributed by atoms with van der Waals surface area (Å²) < 4.78 is 13.8. The van der Waals surface area contributed by atoms with E-state index in [4.69, 9.17) is 23.2 Å². The summed E-state index contributed by atoms with van der Waals surface area (Å²) in [7, 11) is 0. The average molecular weight is 586 g/mol. The Labute approximate surface area is 235 Å². The number of aliphatic hydroxyl groups is 1. The molecule has 0 bridgehead atoms. The van der Waals surface area contributed by atoms with Crippen LogP contribution in [0.25, 0.3) is 5.76 Å². The normalized spacial score (nSPS) is 16.8. The largest absolute Gasteiger partial charge is 0.507 e. The minimum Gasteiger partial charge on any atom is -0.507 e. The molecule has 38 heavy (non-hydrogen) atoms. The molecule has 1 aromatic heterocycles. The van der Waals surface area contributed by atoms with Crippen molar-refractivity contribution in [3.05, 3.63) is 110 Å². The van der Waals surface area contributed by atoms with Gasteiger partial charge in [-0.3, -0.25) is 14.5 Å². The van der Waals surface area contributed by atoms with Gasteiger partial charge in [0.15, 0.2) is 4.34 Å². The van der Waals surface area contributed by atoms with Gasteiger partial charge in [0.05, 0.1) is 21.7 Å².